The van der Waals surface area contributed by atoms with Gasteiger partial charge >= 0.3 is 0 Å². The first-order chi connectivity index (χ1) is 12.7. The summed E-state index contributed by atoms with van der Waals surface area (Å²) in [5.41, 5.74) is 4.26. The summed E-state index contributed by atoms with van der Waals surface area (Å²) in [4.78, 5) is 19.5. The van der Waals surface area contributed by atoms with Crippen LogP contribution in [0.2, 0.25) is 0 Å². The highest BCUT2D eigenvalue weighted by atomic mass is 16.2. The molecule has 2 heterocycles. The first-order valence-corrected chi connectivity index (χ1v) is 9.32. The van der Waals surface area contributed by atoms with E-state index >= 15 is 0 Å². The van der Waals surface area contributed by atoms with Gasteiger partial charge in [0.25, 0.3) is 5.91 Å². The van der Waals surface area contributed by atoms with E-state index in [1.807, 2.05) is 35.2 Å². The fraction of sp³-hybridized carbons (Fsp3) is 0.318. The average Bonchev–Trinajstić information content (AvgIpc) is 3.04. The molecule has 2 saturated heterocycles. The predicted molar refractivity (Wildman–Crippen MR) is 108 cm³/mol. The van der Waals surface area contributed by atoms with Gasteiger partial charge in [-0.15, -0.1) is 0 Å². The Bertz CT molecular complexity index is 807. The standard InChI is InChI=1S/C22H25N3O/c1-23-13-15-24(16-14-23)21-10-6-5-7-18(21)17-19-11-12-25(22(19)26)20-8-3-2-4-9-20/h2-10,17H,11-16H2,1H3/b19-17+. The second kappa shape index (κ2) is 7.34. The summed E-state index contributed by atoms with van der Waals surface area (Å²) >= 11 is 0. The molecule has 2 aromatic rings. The van der Waals surface area contributed by atoms with E-state index in [9.17, 15) is 4.79 Å². The number of para-hydroxylation sites is 2. The summed E-state index contributed by atoms with van der Waals surface area (Å²) in [7, 11) is 2.17. The van der Waals surface area contributed by atoms with E-state index < -0.39 is 0 Å². The monoisotopic (exact) mass is 347 g/mol. The van der Waals surface area contributed by atoms with Crippen molar-refractivity contribution in [3.8, 4) is 0 Å². The van der Waals surface area contributed by atoms with Crippen LogP contribution in [-0.4, -0.2) is 50.6 Å². The number of carbonyl (C=O) groups is 1. The molecule has 2 aliphatic rings. The van der Waals surface area contributed by atoms with Gasteiger partial charge in [0.1, 0.15) is 0 Å². The normalized spacial score (nSPS) is 20.2. The molecule has 0 spiro atoms. The van der Waals surface area contributed by atoms with Gasteiger partial charge in [-0.2, -0.15) is 0 Å². The third-order valence-corrected chi connectivity index (χ3v) is 5.30. The maximum Gasteiger partial charge on any atom is 0.254 e. The summed E-state index contributed by atoms with van der Waals surface area (Å²) in [6.07, 6.45) is 2.89. The van der Waals surface area contributed by atoms with E-state index in [0.717, 1.165) is 56.0 Å². The predicted octanol–water partition coefficient (Wildman–Crippen LogP) is 3.26. The van der Waals surface area contributed by atoms with E-state index in [4.69, 9.17) is 0 Å². The van der Waals surface area contributed by atoms with Crippen LogP contribution in [-0.2, 0) is 4.79 Å². The Morgan fingerprint density at radius 2 is 1.54 bits per heavy atom. The molecular formula is C22H25N3O. The molecule has 0 bridgehead atoms. The highest BCUT2D eigenvalue weighted by Gasteiger charge is 2.27. The minimum atomic E-state index is 0.129. The second-order valence-corrected chi connectivity index (χ2v) is 7.06. The smallest absolute Gasteiger partial charge is 0.254 e. The molecule has 0 aromatic heterocycles. The van der Waals surface area contributed by atoms with E-state index in [1.54, 1.807) is 0 Å². The van der Waals surface area contributed by atoms with Gasteiger partial charge < -0.3 is 14.7 Å². The summed E-state index contributed by atoms with van der Waals surface area (Å²) in [6, 6.07) is 18.4. The van der Waals surface area contributed by atoms with Crippen molar-refractivity contribution in [3.63, 3.8) is 0 Å². The number of rotatable bonds is 3. The Labute approximate surface area is 155 Å². The van der Waals surface area contributed by atoms with Gasteiger partial charge in [-0.25, -0.2) is 0 Å². The number of piperazine rings is 1. The van der Waals surface area contributed by atoms with Crippen LogP contribution in [0.1, 0.15) is 12.0 Å². The Morgan fingerprint density at radius 1 is 0.846 bits per heavy atom. The maximum absolute atomic E-state index is 12.9. The third-order valence-electron chi connectivity index (χ3n) is 5.30. The summed E-state index contributed by atoms with van der Waals surface area (Å²) in [6.45, 7) is 4.96. The van der Waals surface area contributed by atoms with Crippen LogP contribution < -0.4 is 9.80 Å². The van der Waals surface area contributed by atoms with Crippen molar-refractivity contribution in [1.82, 2.24) is 4.90 Å². The quantitative estimate of drug-likeness (QED) is 0.798. The van der Waals surface area contributed by atoms with Gasteiger partial charge in [-0.1, -0.05) is 36.4 Å². The van der Waals surface area contributed by atoms with Gasteiger partial charge in [-0.3, -0.25) is 4.79 Å². The molecule has 0 N–H and O–H groups in total. The van der Waals surface area contributed by atoms with Crippen LogP contribution in [0.4, 0.5) is 11.4 Å². The van der Waals surface area contributed by atoms with Crippen molar-refractivity contribution in [2.75, 3.05) is 49.6 Å². The Balaban J connectivity index is 1.58. The number of benzene rings is 2. The van der Waals surface area contributed by atoms with Crippen LogP contribution in [0.15, 0.2) is 60.2 Å². The number of amides is 1. The lowest BCUT2D eigenvalue weighted by atomic mass is 10.1. The number of carbonyl (C=O) groups excluding carboxylic acids is 1. The SMILES string of the molecule is CN1CCN(c2ccccc2/C=C2\CCN(c3ccccc3)C2=O)CC1. The van der Waals surface area contributed by atoms with Crippen LogP contribution in [0.3, 0.4) is 0 Å². The minimum absolute atomic E-state index is 0.129. The molecule has 2 fully saturated rings. The van der Waals surface area contributed by atoms with Gasteiger partial charge in [0.05, 0.1) is 0 Å². The summed E-state index contributed by atoms with van der Waals surface area (Å²) in [5.74, 6) is 0.129. The van der Waals surface area contributed by atoms with E-state index in [-0.39, 0.29) is 5.91 Å². The average molecular weight is 347 g/mol. The first kappa shape index (κ1) is 16.9. The Hall–Kier alpha value is -2.59. The molecule has 0 saturated carbocycles. The van der Waals surface area contributed by atoms with Gasteiger partial charge in [0.15, 0.2) is 0 Å². The number of anilines is 2. The molecule has 0 unspecified atom stereocenters. The molecular weight excluding hydrogens is 322 g/mol. The van der Waals surface area contributed by atoms with Gasteiger partial charge in [-0.05, 0) is 43.3 Å². The molecule has 4 rings (SSSR count). The van der Waals surface area contributed by atoms with Crippen LogP contribution in [0.25, 0.3) is 6.08 Å². The fourth-order valence-electron chi connectivity index (χ4n) is 3.73. The molecule has 26 heavy (non-hydrogen) atoms. The van der Waals surface area contributed by atoms with Crippen molar-refractivity contribution < 1.29 is 4.79 Å². The van der Waals surface area contributed by atoms with E-state index in [0.29, 0.717) is 0 Å². The Kier molecular flexibility index (Phi) is 4.76. The van der Waals surface area contributed by atoms with Crippen LogP contribution in [0, 0.1) is 0 Å². The lowest BCUT2D eigenvalue weighted by Crippen LogP contribution is -2.44. The summed E-state index contributed by atoms with van der Waals surface area (Å²) in [5, 5.41) is 0. The number of likely N-dealkylation sites (N-methyl/N-ethyl adjacent to an activating group) is 1. The molecule has 0 aliphatic carbocycles. The molecule has 2 aliphatic heterocycles. The van der Waals surface area contributed by atoms with Gasteiger partial charge in [0, 0.05) is 49.7 Å². The zero-order valence-corrected chi connectivity index (χ0v) is 15.3. The van der Waals surface area contributed by atoms with E-state index in [2.05, 4.69) is 47.2 Å². The van der Waals surface area contributed by atoms with E-state index in [1.165, 1.54) is 5.69 Å². The minimum Gasteiger partial charge on any atom is -0.368 e. The highest BCUT2D eigenvalue weighted by molar-refractivity contribution is 6.11. The van der Waals surface area contributed by atoms with Crippen LogP contribution >= 0.6 is 0 Å². The van der Waals surface area contributed by atoms with Crippen molar-refractivity contribution in [2.45, 2.75) is 6.42 Å². The second-order valence-electron chi connectivity index (χ2n) is 7.06. The number of hydrogen-bond acceptors (Lipinski definition) is 3. The largest absolute Gasteiger partial charge is 0.368 e. The summed E-state index contributed by atoms with van der Waals surface area (Å²) < 4.78 is 0. The number of nitrogens with zero attached hydrogens (tertiary/aromatic N) is 3. The topological polar surface area (TPSA) is 26.8 Å². The molecule has 4 heteroatoms. The highest BCUT2D eigenvalue weighted by Crippen LogP contribution is 2.29. The molecule has 0 atom stereocenters. The molecule has 0 radical (unpaired) electrons. The van der Waals surface area contributed by atoms with Crippen molar-refractivity contribution in [2.24, 2.45) is 0 Å². The Morgan fingerprint density at radius 3 is 2.31 bits per heavy atom. The lowest BCUT2D eigenvalue weighted by Gasteiger charge is -2.35. The first-order valence-electron chi connectivity index (χ1n) is 9.32. The molecule has 4 nitrogen and oxygen atoms in total. The number of hydrogen-bond donors (Lipinski definition) is 0. The molecule has 2 aromatic carbocycles. The molecule has 1 amide bonds. The van der Waals surface area contributed by atoms with Crippen molar-refractivity contribution in [1.29, 1.82) is 0 Å². The lowest BCUT2D eigenvalue weighted by molar-refractivity contribution is -0.114. The van der Waals surface area contributed by atoms with Crippen molar-refractivity contribution >= 4 is 23.4 Å². The zero-order chi connectivity index (χ0) is 17.9. The zero-order valence-electron chi connectivity index (χ0n) is 15.3. The van der Waals surface area contributed by atoms with Crippen LogP contribution in [0.5, 0.6) is 0 Å². The fourth-order valence-corrected chi connectivity index (χ4v) is 3.73. The molecule has 134 valence electrons. The van der Waals surface area contributed by atoms with Gasteiger partial charge in [0.2, 0.25) is 0 Å². The maximum atomic E-state index is 12.9. The van der Waals surface area contributed by atoms with Crippen molar-refractivity contribution in [3.05, 3.63) is 65.7 Å². The third kappa shape index (κ3) is 3.37.